The van der Waals surface area contributed by atoms with Crippen LogP contribution in [-0.4, -0.2) is 51.5 Å². The number of aromatic nitrogens is 1. The zero-order valence-electron chi connectivity index (χ0n) is 18.5. The third-order valence-corrected chi connectivity index (χ3v) is 7.37. The molecule has 2 unspecified atom stereocenters. The fourth-order valence-corrected chi connectivity index (χ4v) is 5.80. The third kappa shape index (κ3) is 6.27. The van der Waals surface area contributed by atoms with Gasteiger partial charge in [-0.1, -0.05) is 18.2 Å². The van der Waals surface area contributed by atoms with E-state index in [9.17, 15) is 12.8 Å². The highest BCUT2D eigenvalue weighted by atomic mass is 32.2. The van der Waals surface area contributed by atoms with Gasteiger partial charge in [0.05, 0.1) is 19.0 Å². The van der Waals surface area contributed by atoms with Crippen LogP contribution < -0.4 is 9.62 Å². The lowest BCUT2D eigenvalue weighted by Gasteiger charge is -2.40. The number of halogens is 1. The van der Waals surface area contributed by atoms with E-state index in [0.717, 1.165) is 44.5 Å². The van der Waals surface area contributed by atoms with Gasteiger partial charge in [-0.05, 0) is 67.9 Å². The highest BCUT2D eigenvalue weighted by Gasteiger charge is 2.33. The second-order valence-electron chi connectivity index (χ2n) is 9.04. The Labute approximate surface area is 190 Å². The van der Waals surface area contributed by atoms with Gasteiger partial charge < -0.3 is 9.64 Å². The van der Waals surface area contributed by atoms with Crippen LogP contribution in [0.25, 0.3) is 0 Å². The van der Waals surface area contributed by atoms with E-state index >= 15 is 0 Å². The summed E-state index contributed by atoms with van der Waals surface area (Å²) in [7, 11) is -3.29. The molecule has 0 spiro atoms. The third-order valence-electron chi connectivity index (χ3n) is 6.63. The number of hydrogen-bond donors (Lipinski definition) is 1. The van der Waals surface area contributed by atoms with E-state index in [2.05, 4.69) is 14.6 Å². The van der Waals surface area contributed by atoms with E-state index in [1.54, 1.807) is 6.20 Å². The monoisotopic (exact) mass is 461 g/mol. The van der Waals surface area contributed by atoms with Crippen molar-refractivity contribution < 1.29 is 17.5 Å². The number of sulfonamides is 1. The molecule has 32 heavy (non-hydrogen) atoms. The number of hydrogen-bond acceptors (Lipinski definition) is 5. The molecule has 1 saturated carbocycles. The first-order chi connectivity index (χ1) is 15.4. The summed E-state index contributed by atoms with van der Waals surface area (Å²) < 4.78 is 46.1. The van der Waals surface area contributed by atoms with Gasteiger partial charge in [-0.25, -0.2) is 22.5 Å². The summed E-state index contributed by atoms with van der Waals surface area (Å²) in [5.74, 6) is 1.21. The molecule has 1 aromatic heterocycles. The first kappa shape index (κ1) is 23.1. The second kappa shape index (κ2) is 10.3. The Morgan fingerprint density at radius 2 is 1.84 bits per heavy atom. The van der Waals surface area contributed by atoms with E-state index in [1.165, 1.54) is 24.0 Å². The van der Waals surface area contributed by atoms with Crippen molar-refractivity contribution in [1.82, 2.24) is 9.71 Å². The second-order valence-corrected chi connectivity index (χ2v) is 10.8. The predicted octanol–water partition coefficient (Wildman–Crippen LogP) is 3.71. The van der Waals surface area contributed by atoms with Gasteiger partial charge in [0, 0.05) is 31.2 Å². The molecule has 8 heteroatoms. The summed E-state index contributed by atoms with van der Waals surface area (Å²) in [6.07, 6.45) is 7.85. The maximum Gasteiger partial charge on any atom is 0.208 e. The van der Waals surface area contributed by atoms with Gasteiger partial charge in [-0.2, -0.15) is 0 Å². The van der Waals surface area contributed by atoms with E-state index in [-0.39, 0.29) is 23.9 Å². The van der Waals surface area contributed by atoms with Crippen molar-refractivity contribution in [3.8, 4) is 0 Å². The summed E-state index contributed by atoms with van der Waals surface area (Å²) >= 11 is 0. The van der Waals surface area contributed by atoms with Gasteiger partial charge in [0.25, 0.3) is 0 Å². The minimum absolute atomic E-state index is 0.0512. The molecule has 0 radical (unpaired) electrons. The Bertz CT molecular complexity index is 964. The smallest absolute Gasteiger partial charge is 0.208 e. The van der Waals surface area contributed by atoms with Crippen LogP contribution in [0.5, 0.6) is 0 Å². The van der Waals surface area contributed by atoms with Crippen LogP contribution in [0.2, 0.25) is 0 Å². The maximum atomic E-state index is 13.2. The van der Waals surface area contributed by atoms with Crippen LogP contribution in [0.3, 0.4) is 0 Å². The molecule has 1 N–H and O–H groups in total. The Morgan fingerprint density at radius 3 is 2.50 bits per heavy atom. The molecule has 2 atom stereocenters. The zero-order chi connectivity index (χ0) is 22.6. The molecule has 1 aromatic carbocycles. The lowest BCUT2D eigenvalue weighted by atomic mass is 9.82. The lowest BCUT2D eigenvalue weighted by Crippen LogP contribution is -2.52. The Balaban J connectivity index is 1.34. The summed E-state index contributed by atoms with van der Waals surface area (Å²) in [5.41, 5.74) is 1.19. The summed E-state index contributed by atoms with van der Waals surface area (Å²) in [6, 6.07) is 12.5. The quantitative estimate of drug-likeness (QED) is 0.681. The Morgan fingerprint density at radius 1 is 1.09 bits per heavy atom. The average Bonchev–Trinajstić information content (AvgIpc) is 2.79. The van der Waals surface area contributed by atoms with Crippen LogP contribution >= 0.6 is 0 Å². The summed E-state index contributed by atoms with van der Waals surface area (Å²) in [4.78, 5) is 6.66. The lowest BCUT2D eigenvalue weighted by molar-refractivity contribution is -0.00214. The molecular formula is C24H32FN3O3S. The zero-order valence-corrected chi connectivity index (χ0v) is 19.3. The molecule has 4 rings (SSSR count). The molecular weight excluding hydrogens is 429 g/mol. The maximum absolute atomic E-state index is 13.2. The topological polar surface area (TPSA) is 71.5 Å². The molecule has 174 valence electrons. The van der Waals surface area contributed by atoms with Crippen LogP contribution in [0.4, 0.5) is 10.2 Å². The van der Waals surface area contributed by atoms with Crippen molar-refractivity contribution in [2.75, 3.05) is 30.9 Å². The molecule has 1 saturated heterocycles. The fraction of sp³-hybridized carbons (Fsp3) is 0.542. The summed E-state index contributed by atoms with van der Waals surface area (Å²) in [5, 5.41) is 0. The van der Waals surface area contributed by atoms with Gasteiger partial charge in [0.15, 0.2) is 0 Å². The number of nitrogens with one attached hydrogen (secondary N) is 1. The highest BCUT2D eigenvalue weighted by molar-refractivity contribution is 7.88. The van der Waals surface area contributed by atoms with E-state index in [4.69, 9.17) is 4.74 Å². The standard InChI is InChI=1S/C24H32FN3O3S/c1-32(29,30)27-23-13-15-28(24-4-2-3-14-26-24)16-20(23)17-31-22-11-7-19(8-12-22)18-5-9-21(25)10-6-18/h2-6,9-10,14,19-20,22-23,27H,7-8,11-13,15-17H2,1H3/t19-,20?,22+,23?. The molecule has 1 aliphatic heterocycles. The van der Waals surface area contributed by atoms with Crippen molar-refractivity contribution in [3.05, 3.63) is 60.0 Å². The van der Waals surface area contributed by atoms with E-state index in [0.29, 0.717) is 19.1 Å². The number of piperidine rings is 1. The van der Waals surface area contributed by atoms with Gasteiger partial charge in [-0.15, -0.1) is 0 Å². The number of rotatable bonds is 7. The number of nitrogens with zero attached hydrogens (tertiary/aromatic N) is 2. The van der Waals surface area contributed by atoms with Crippen molar-refractivity contribution in [2.24, 2.45) is 5.92 Å². The molecule has 2 aromatic rings. The van der Waals surface area contributed by atoms with Crippen LogP contribution in [0, 0.1) is 11.7 Å². The molecule has 0 amide bonds. The minimum atomic E-state index is -3.29. The average molecular weight is 462 g/mol. The van der Waals surface area contributed by atoms with Crippen LogP contribution in [0.1, 0.15) is 43.6 Å². The van der Waals surface area contributed by atoms with Gasteiger partial charge >= 0.3 is 0 Å². The number of pyridine rings is 1. The normalized spacial score (nSPS) is 26.8. The van der Waals surface area contributed by atoms with Gasteiger partial charge in [-0.3, -0.25) is 0 Å². The summed E-state index contributed by atoms with van der Waals surface area (Å²) in [6.45, 7) is 1.97. The van der Waals surface area contributed by atoms with E-state index < -0.39 is 10.0 Å². The van der Waals surface area contributed by atoms with E-state index in [1.807, 2.05) is 30.3 Å². The van der Waals surface area contributed by atoms with Gasteiger partial charge in [0.2, 0.25) is 10.0 Å². The number of benzene rings is 1. The predicted molar refractivity (Wildman–Crippen MR) is 124 cm³/mol. The fourth-order valence-electron chi connectivity index (χ4n) is 4.94. The van der Waals surface area contributed by atoms with Crippen molar-refractivity contribution in [2.45, 2.75) is 50.2 Å². The number of ether oxygens (including phenoxy) is 1. The SMILES string of the molecule is CS(=O)(=O)NC1CCN(c2ccccn2)CC1CO[C@H]1CC[C@@H](c2ccc(F)cc2)CC1. The van der Waals surface area contributed by atoms with Crippen LogP contribution in [-0.2, 0) is 14.8 Å². The van der Waals surface area contributed by atoms with Crippen molar-refractivity contribution in [3.63, 3.8) is 0 Å². The molecule has 2 fully saturated rings. The first-order valence-electron chi connectivity index (χ1n) is 11.4. The largest absolute Gasteiger partial charge is 0.378 e. The minimum Gasteiger partial charge on any atom is -0.378 e. The molecule has 2 aliphatic rings. The molecule has 2 heterocycles. The van der Waals surface area contributed by atoms with Crippen molar-refractivity contribution in [1.29, 1.82) is 0 Å². The van der Waals surface area contributed by atoms with Crippen molar-refractivity contribution >= 4 is 15.8 Å². The molecule has 1 aliphatic carbocycles. The van der Waals surface area contributed by atoms with Crippen LogP contribution in [0.15, 0.2) is 48.7 Å². The number of anilines is 1. The Hall–Kier alpha value is -2.03. The Kier molecular flexibility index (Phi) is 7.43. The van der Waals surface area contributed by atoms with Gasteiger partial charge in [0.1, 0.15) is 11.6 Å². The first-order valence-corrected chi connectivity index (χ1v) is 13.3. The molecule has 0 bridgehead atoms. The highest BCUT2D eigenvalue weighted by Crippen LogP contribution is 2.34. The molecule has 6 nitrogen and oxygen atoms in total.